The minimum atomic E-state index is 0.658. The van der Waals surface area contributed by atoms with Crippen LogP contribution < -0.4 is 15.8 Å². The third-order valence-corrected chi connectivity index (χ3v) is 2.60. The van der Waals surface area contributed by atoms with E-state index in [4.69, 9.17) is 22.1 Å². The van der Waals surface area contributed by atoms with Gasteiger partial charge in [-0.2, -0.15) is 0 Å². The fourth-order valence-electron chi connectivity index (χ4n) is 1.49. The molecule has 0 saturated carbocycles. The SMILES string of the molecule is COc1ccc(N)c(Nc2cccc(Cl)c2)c1. The Hall–Kier alpha value is -1.87. The van der Waals surface area contributed by atoms with Crippen LogP contribution in [0.2, 0.25) is 5.02 Å². The van der Waals surface area contributed by atoms with E-state index in [9.17, 15) is 0 Å². The Labute approximate surface area is 105 Å². The summed E-state index contributed by atoms with van der Waals surface area (Å²) in [5.41, 5.74) is 8.22. The topological polar surface area (TPSA) is 47.3 Å². The first-order valence-electron chi connectivity index (χ1n) is 5.15. The Kier molecular flexibility index (Phi) is 3.40. The van der Waals surface area contributed by atoms with Gasteiger partial charge in [-0.25, -0.2) is 0 Å². The molecular formula is C13H13ClN2O. The number of halogens is 1. The summed E-state index contributed by atoms with van der Waals surface area (Å²) in [7, 11) is 1.62. The normalized spacial score (nSPS) is 10.0. The van der Waals surface area contributed by atoms with Crippen molar-refractivity contribution in [3.63, 3.8) is 0 Å². The van der Waals surface area contributed by atoms with Gasteiger partial charge in [-0.15, -0.1) is 0 Å². The minimum Gasteiger partial charge on any atom is -0.497 e. The van der Waals surface area contributed by atoms with Gasteiger partial charge in [-0.3, -0.25) is 0 Å². The first-order chi connectivity index (χ1) is 8.19. The second-order valence-corrected chi connectivity index (χ2v) is 4.02. The number of nitrogens with two attached hydrogens (primary N) is 1. The average Bonchev–Trinajstić information content (AvgIpc) is 2.32. The van der Waals surface area contributed by atoms with E-state index >= 15 is 0 Å². The van der Waals surface area contributed by atoms with Crippen molar-refractivity contribution in [2.45, 2.75) is 0 Å². The summed E-state index contributed by atoms with van der Waals surface area (Å²) in [6, 6.07) is 12.9. The molecule has 2 aromatic carbocycles. The lowest BCUT2D eigenvalue weighted by atomic mass is 10.2. The van der Waals surface area contributed by atoms with Crippen molar-refractivity contribution in [3.8, 4) is 5.75 Å². The highest BCUT2D eigenvalue weighted by atomic mass is 35.5. The molecule has 0 bridgehead atoms. The molecule has 0 heterocycles. The van der Waals surface area contributed by atoms with Gasteiger partial charge in [0.25, 0.3) is 0 Å². The highest BCUT2D eigenvalue weighted by Crippen LogP contribution is 2.28. The lowest BCUT2D eigenvalue weighted by Crippen LogP contribution is -1.97. The number of nitrogens with one attached hydrogen (secondary N) is 1. The van der Waals surface area contributed by atoms with Gasteiger partial charge in [0.15, 0.2) is 0 Å². The summed E-state index contributed by atoms with van der Waals surface area (Å²) in [6.07, 6.45) is 0. The van der Waals surface area contributed by atoms with Gasteiger partial charge < -0.3 is 15.8 Å². The molecule has 0 amide bonds. The highest BCUT2D eigenvalue weighted by Gasteiger charge is 2.02. The van der Waals surface area contributed by atoms with Gasteiger partial charge >= 0.3 is 0 Å². The second-order valence-electron chi connectivity index (χ2n) is 3.59. The van der Waals surface area contributed by atoms with Gasteiger partial charge in [-0.1, -0.05) is 17.7 Å². The maximum absolute atomic E-state index is 5.91. The van der Waals surface area contributed by atoms with Crippen molar-refractivity contribution in [2.24, 2.45) is 0 Å². The molecule has 0 fully saturated rings. The fourth-order valence-corrected chi connectivity index (χ4v) is 1.68. The van der Waals surface area contributed by atoms with Gasteiger partial charge in [0.05, 0.1) is 18.5 Å². The van der Waals surface area contributed by atoms with Crippen LogP contribution in [0.4, 0.5) is 17.1 Å². The van der Waals surface area contributed by atoms with Crippen molar-refractivity contribution < 1.29 is 4.74 Å². The van der Waals surface area contributed by atoms with E-state index in [1.165, 1.54) is 0 Å². The number of nitrogen functional groups attached to an aromatic ring is 1. The zero-order valence-electron chi connectivity index (χ0n) is 9.41. The van der Waals surface area contributed by atoms with Crippen LogP contribution in [0.5, 0.6) is 5.75 Å². The third-order valence-electron chi connectivity index (χ3n) is 2.36. The summed E-state index contributed by atoms with van der Waals surface area (Å²) in [4.78, 5) is 0. The standard InChI is InChI=1S/C13H13ClN2O/c1-17-11-5-6-12(15)13(8-11)16-10-4-2-3-9(14)7-10/h2-8,16H,15H2,1H3. The van der Waals surface area contributed by atoms with Crippen molar-refractivity contribution in [1.82, 2.24) is 0 Å². The summed E-state index contributed by atoms with van der Waals surface area (Å²) >= 11 is 5.91. The molecule has 2 aromatic rings. The number of anilines is 3. The van der Waals surface area contributed by atoms with E-state index < -0.39 is 0 Å². The molecule has 4 heteroatoms. The summed E-state index contributed by atoms with van der Waals surface area (Å²) in [5.74, 6) is 0.753. The molecule has 0 spiro atoms. The molecule has 0 saturated heterocycles. The summed E-state index contributed by atoms with van der Waals surface area (Å²) < 4.78 is 5.15. The fraction of sp³-hybridized carbons (Fsp3) is 0.0769. The smallest absolute Gasteiger partial charge is 0.121 e. The molecular weight excluding hydrogens is 236 g/mol. The van der Waals surface area contributed by atoms with Gasteiger partial charge in [0, 0.05) is 16.8 Å². The maximum Gasteiger partial charge on any atom is 0.121 e. The summed E-state index contributed by atoms with van der Waals surface area (Å²) in [6.45, 7) is 0. The third kappa shape index (κ3) is 2.82. The lowest BCUT2D eigenvalue weighted by molar-refractivity contribution is 0.415. The molecule has 2 rings (SSSR count). The number of ether oxygens (including phenoxy) is 1. The van der Waals surface area contributed by atoms with Crippen LogP contribution in [0.1, 0.15) is 0 Å². The first-order valence-corrected chi connectivity index (χ1v) is 5.53. The van der Waals surface area contributed by atoms with E-state index in [0.717, 1.165) is 17.1 Å². The Balaban J connectivity index is 2.29. The van der Waals surface area contributed by atoms with Crippen LogP contribution in [0.3, 0.4) is 0 Å². The van der Waals surface area contributed by atoms with E-state index in [0.29, 0.717) is 10.7 Å². The Morgan fingerprint density at radius 2 is 2.00 bits per heavy atom. The first kappa shape index (κ1) is 11.6. The van der Waals surface area contributed by atoms with Crippen molar-refractivity contribution in [2.75, 3.05) is 18.2 Å². The van der Waals surface area contributed by atoms with E-state index in [1.807, 2.05) is 36.4 Å². The molecule has 17 heavy (non-hydrogen) atoms. The van der Waals surface area contributed by atoms with E-state index in [1.54, 1.807) is 13.2 Å². The zero-order valence-corrected chi connectivity index (χ0v) is 10.2. The molecule has 0 aliphatic heterocycles. The van der Waals surface area contributed by atoms with Gasteiger partial charge in [-0.05, 0) is 30.3 Å². The van der Waals surface area contributed by atoms with Crippen LogP contribution in [-0.2, 0) is 0 Å². The Morgan fingerprint density at radius 1 is 1.18 bits per heavy atom. The van der Waals surface area contributed by atoms with E-state index in [2.05, 4.69) is 5.32 Å². The van der Waals surface area contributed by atoms with Crippen molar-refractivity contribution in [3.05, 3.63) is 47.5 Å². The average molecular weight is 249 g/mol. The predicted molar refractivity (Wildman–Crippen MR) is 72.1 cm³/mol. The molecule has 3 N–H and O–H groups in total. The monoisotopic (exact) mass is 248 g/mol. The van der Waals surface area contributed by atoms with Crippen LogP contribution in [0.15, 0.2) is 42.5 Å². The molecule has 0 radical (unpaired) electrons. The van der Waals surface area contributed by atoms with E-state index in [-0.39, 0.29) is 0 Å². The zero-order chi connectivity index (χ0) is 12.3. The highest BCUT2D eigenvalue weighted by molar-refractivity contribution is 6.30. The molecule has 0 unspecified atom stereocenters. The molecule has 0 aliphatic carbocycles. The molecule has 0 atom stereocenters. The lowest BCUT2D eigenvalue weighted by Gasteiger charge is -2.11. The minimum absolute atomic E-state index is 0.658. The molecule has 0 aromatic heterocycles. The Morgan fingerprint density at radius 3 is 2.71 bits per heavy atom. The Bertz CT molecular complexity index is 529. The maximum atomic E-state index is 5.91. The largest absolute Gasteiger partial charge is 0.497 e. The van der Waals surface area contributed by atoms with Crippen LogP contribution >= 0.6 is 11.6 Å². The number of hydrogen-bond acceptors (Lipinski definition) is 3. The molecule has 3 nitrogen and oxygen atoms in total. The van der Waals surface area contributed by atoms with Crippen LogP contribution in [0, 0.1) is 0 Å². The second kappa shape index (κ2) is 4.97. The number of benzene rings is 2. The van der Waals surface area contributed by atoms with Gasteiger partial charge in [0.2, 0.25) is 0 Å². The quantitative estimate of drug-likeness (QED) is 0.815. The predicted octanol–water partition coefficient (Wildman–Crippen LogP) is 3.67. The van der Waals surface area contributed by atoms with Crippen molar-refractivity contribution in [1.29, 1.82) is 0 Å². The van der Waals surface area contributed by atoms with Crippen LogP contribution in [0.25, 0.3) is 0 Å². The van der Waals surface area contributed by atoms with Crippen molar-refractivity contribution >= 4 is 28.7 Å². The number of rotatable bonds is 3. The van der Waals surface area contributed by atoms with Crippen LogP contribution in [-0.4, -0.2) is 7.11 Å². The number of methoxy groups -OCH3 is 1. The molecule has 88 valence electrons. The summed E-state index contributed by atoms with van der Waals surface area (Å²) in [5, 5.41) is 3.88. The number of hydrogen-bond donors (Lipinski definition) is 2. The molecule has 0 aliphatic rings. The van der Waals surface area contributed by atoms with Gasteiger partial charge in [0.1, 0.15) is 5.75 Å².